The minimum Gasteiger partial charge on any atom is -0.357 e. The predicted octanol–water partition coefficient (Wildman–Crippen LogP) is 2.66. The molecule has 2 fully saturated rings. The van der Waals surface area contributed by atoms with E-state index in [1.165, 1.54) is 0 Å². The molecule has 0 aliphatic carbocycles. The fraction of sp³-hybridized carbons (Fsp3) is 0.667. The lowest BCUT2D eigenvalue weighted by Crippen LogP contribution is -2.55. The largest absolute Gasteiger partial charge is 0.357 e. The molecule has 0 radical (unpaired) electrons. The molecule has 1 N–H and O–H groups in total. The SMILES string of the molecule is CCCCN1C[C@@]2(CCCN(C(=O)c3ccc[nH]3)C2)CCC1=O. The standard InChI is InChI=1S/C18H27N3O2/c1-2-3-11-20-13-18(9-7-16(20)22)8-5-12-21(14-18)17(23)15-6-4-10-19-15/h4,6,10,19H,2-3,5,7-9,11-14H2,1H3/t18-/m1/s1. The third-order valence-corrected chi connectivity index (χ3v) is 5.31. The van der Waals surface area contributed by atoms with Crippen LogP contribution in [-0.2, 0) is 4.79 Å². The second-order valence-electron chi connectivity index (χ2n) is 7.08. The highest BCUT2D eigenvalue weighted by Gasteiger charge is 2.42. The molecular weight excluding hydrogens is 290 g/mol. The highest BCUT2D eigenvalue weighted by Crippen LogP contribution is 2.39. The Morgan fingerprint density at radius 3 is 2.96 bits per heavy atom. The molecular formula is C18H27N3O2. The van der Waals surface area contributed by atoms with Gasteiger partial charge in [0.25, 0.3) is 5.91 Å². The molecule has 0 unspecified atom stereocenters. The summed E-state index contributed by atoms with van der Waals surface area (Å²) in [6.45, 7) is 5.44. The topological polar surface area (TPSA) is 56.4 Å². The van der Waals surface area contributed by atoms with Crippen LogP contribution in [0.1, 0.15) is 55.9 Å². The van der Waals surface area contributed by atoms with Crippen LogP contribution in [0.25, 0.3) is 0 Å². The van der Waals surface area contributed by atoms with E-state index in [-0.39, 0.29) is 17.2 Å². The Hall–Kier alpha value is -1.78. The molecule has 1 aromatic rings. The van der Waals surface area contributed by atoms with Crippen molar-refractivity contribution in [2.75, 3.05) is 26.2 Å². The first-order valence-electron chi connectivity index (χ1n) is 8.84. The predicted molar refractivity (Wildman–Crippen MR) is 89.1 cm³/mol. The molecule has 2 amide bonds. The van der Waals surface area contributed by atoms with Crippen LogP contribution in [0, 0.1) is 5.41 Å². The van der Waals surface area contributed by atoms with Crippen LogP contribution in [0.2, 0.25) is 0 Å². The van der Waals surface area contributed by atoms with Crippen molar-refractivity contribution in [2.24, 2.45) is 5.41 Å². The number of H-pyrrole nitrogens is 1. The van der Waals surface area contributed by atoms with Gasteiger partial charge in [-0.05, 0) is 37.8 Å². The van der Waals surface area contributed by atoms with Gasteiger partial charge in [-0.25, -0.2) is 0 Å². The number of nitrogens with zero attached hydrogens (tertiary/aromatic N) is 2. The number of unbranched alkanes of at least 4 members (excludes halogenated alkanes) is 1. The van der Waals surface area contributed by atoms with Gasteiger partial charge in [0.15, 0.2) is 0 Å². The first-order valence-corrected chi connectivity index (χ1v) is 8.84. The molecule has 3 heterocycles. The molecule has 0 bridgehead atoms. The van der Waals surface area contributed by atoms with Gasteiger partial charge in [-0.1, -0.05) is 13.3 Å². The Kier molecular flexibility index (Phi) is 4.74. The van der Waals surface area contributed by atoms with Gasteiger partial charge in [0.1, 0.15) is 5.69 Å². The van der Waals surface area contributed by atoms with Crippen molar-refractivity contribution in [3.8, 4) is 0 Å². The second kappa shape index (κ2) is 6.77. The van der Waals surface area contributed by atoms with Crippen LogP contribution in [0.4, 0.5) is 0 Å². The summed E-state index contributed by atoms with van der Waals surface area (Å²) in [5, 5.41) is 0. The van der Waals surface area contributed by atoms with Crippen LogP contribution >= 0.6 is 0 Å². The van der Waals surface area contributed by atoms with E-state index in [1.807, 2.05) is 21.9 Å². The summed E-state index contributed by atoms with van der Waals surface area (Å²) < 4.78 is 0. The minimum absolute atomic E-state index is 0.0890. The fourth-order valence-electron chi connectivity index (χ4n) is 4.00. The second-order valence-corrected chi connectivity index (χ2v) is 7.08. The van der Waals surface area contributed by atoms with Gasteiger partial charge in [0.05, 0.1) is 0 Å². The molecule has 2 aliphatic rings. The van der Waals surface area contributed by atoms with Crippen LogP contribution < -0.4 is 0 Å². The molecule has 1 atom stereocenters. The summed E-state index contributed by atoms with van der Waals surface area (Å²) in [5.74, 6) is 0.378. The Morgan fingerprint density at radius 2 is 2.22 bits per heavy atom. The average Bonchev–Trinajstić information content (AvgIpc) is 3.10. The number of carbonyl (C=O) groups is 2. The quantitative estimate of drug-likeness (QED) is 0.928. The first-order chi connectivity index (χ1) is 11.1. The first kappa shape index (κ1) is 16.1. The lowest BCUT2D eigenvalue weighted by atomic mass is 9.73. The molecule has 0 aromatic carbocycles. The molecule has 0 saturated carbocycles. The van der Waals surface area contributed by atoms with Crippen LogP contribution in [-0.4, -0.2) is 52.8 Å². The van der Waals surface area contributed by atoms with Gasteiger partial charge in [0.2, 0.25) is 5.91 Å². The summed E-state index contributed by atoms with van der Waals surface area (Å²) in [5.41, 5.74) is 0.763. The summed E-state index contributed by atoms with van der Waals surface area (Å²) in [7, 11) is 0. The number of amides is 2. The molecule has 5 heteroatoms. The average molecular weight is 317 g/mol. The maximum absolute atomic E-state index is 12.6. The molecule has 126 valence electrons. The lowest BCUT2D eigenvalue weighted by molar-refractivity contribution is -0.139. The summed E-state index contributed by atoms with van der Waals surface area (Å²) in [4.78, 5) is 31.8. The molecule has 5 nitrogen and oxygen atoms in total. The van der Waals surface area contributed by atoms with E-state index in [1.54, 1.807) is 6.20 Å². The van der Waals surface area contributed by atoms with Crippen molar-refractivity contribution < 1.29 is 9.59 Å². The van der Waals surface area contributed by atoms with Gasteiger partial charge < -0.3 is 14.8 Å². The van der Waals surface area contributed by atoms with Crippen LogP contribution in [0.15, 0.2) is 18.3 Å². The van der Waals surface area contributed by atoms with Crippen molar-refractivity contribution in [3.05, 3.63) is 24.0 Å². The normalized spacial score (nSPS) is 25.2. The summed E-state index contributed by atoms with van der Waals surface area (Å²) in [6.07, 6.45) is 7.66. The third kappa shape index (κ3) is 3.43. The number of likely N-dealkylation sites (tertiary alicyclic amines) is 2. The number of aromatic amines is 1. The molecule has 1 spiro atoms. The van der Waals surface area contributed by atoms with Crippen molar-refractivity contribution in [1.29, 1.82) is 0 Å². The van der Waals surface area contributed by atoms with E-state index in [9.17, 15) is 9.59 Å². The Labute approximate surface area is 138 Å². The van der Waals surface area contributed by atoms with Crippen LogP contribution in [0.5, 0.6) is 0 Å². The maximum Gasteiger partial charge on any atom is 0.270 e. The number of piperidine rings is 2. The van der Waals surface area contributed by atoms with Crippen LogP contribution in [0.3, 0.4) is 0 Å². The zero-order chi connectivity index (χ0) is 16.3. The van der Waals surface area contributed by atoms with E-state index in [4.69, 9.17) is 0 Å². The Balaban J connectivity index is 1.69. The number of carbonyl (C=O) groups excluding carboxylic acids is 2. The van der Waals surface area contributed by atoms with Gasteiger partial charge in [-0.3, -0.25) is 9.59 Å². The van der Waals surface area contributed by atoms with Crippen molar-refractivity contribution in [1.82, 2.24) is 14.8 Å². The Morgan fingerprint density at radius 1 is 1.35 bits per heavy atom. The zero-order valence-corrected chi connectivity index (χ0v) is 14.0. The smallest absolute Gasteiger partial charge is 0.270 e. The van der Waals surface area contributed by atoms with Gasteiger partial charge in [-0.2, -0.15) is 0 Å². The van der Waals surface area contributed by atoms with E-state index >= 15 is 0 Å². The highest BCUT2D eigenvalue weighted by molar-refractivity contribution is 5.92. The number of nitrogens with one attached hydrogen (secondary N) is 1. The number of hydrogen-bond acceptors (Lipinski definition) is 2. The number of aromatic nitrogens is 1. The van der Waals surface area contributed by atoms with Gasteiger partial charge in [-0.15, -0.1) is 0 Å². The van der Waals surface area contributed by atoms with Gasteiger partial charge in [0, 0.05) is 44.2 Å². The van der Waals surface area contributed by atoms with Crippen molar-refractivity contribution >= 4 is 11.8 Å². The maximum atomic E-state index is 12.6. The summed E-state index contributed by atoms with van der Waals surface area (Å²) in [6, 6.07) is 3.69. The third-order valence-electron chi connectivity index (χ3n) is 5.31. The van der Waals surface area contributed by atoms with E-state index in [2.05, 4.69) is 11.9 Å². The minimum atomic E-state index is 0.0890. The highest BCUT2D eigenvalue weighted by atomic mass is 16.2. The van der Waals surface area contributed by atoms with Crippen molar-refractivity contribution in [3.63, 3.8) is 0 Å². The molecule has 1 aromatic heterocycles. The van der Waals surface area contributed by atoms with E-state index in [0.29, 0.717) is 12.1 Å². The summed E-state index contributed by atoms with van der Waals surface area (Å²) >= 11 is 0. The zero-order valence-electron chi connectivity index (χ0n) is 14.0. The van der Waals surface area contributed by atoms with Gasteiger partial charge >= 0.3 is 0 Å². The molecule has 3 rings (SSSR count). The molecule has 2 aliphatic heterocycles. The monoisotopic (exact) mass is 317 g/mol. The van der Waals surface area contributed by atoms with E-state index < -0.39 is 0 Å². The van der Waals surface area contributed by atoms with E-state index in [0.717, 1.165) is 58.3 Å². The lowest BCUT2D eigenvalue weighted by Gasteiger charge is -2.48. The fourth-order valence-corrected chi connectivity index (χ4v) is 4.00. The Bertz CT molecular complexity index is 555. The van der Waals surface area contributed by atoms with Crippen molar-refractivity contribution in [2.45, 2.75) is 45.4 Å². The number of hydrogen-bond donors (Lipinski definition) is 1. The number of rotatable bonds is 4. The molecule has 23 heavy (non-hydrogen) atoms. The molecule has 2 saturated heterocycles.